The summed E-state index contributed by atoms with van der Waals surface area (Å²) in [6, 6.07) is 13.4. The minimum absolute atomic E-state index is 0.0622. The zero-order valence-corrected chi connectivity index (χ0v) is 15.4. The quantitative estimate of drug-likeness (QED) is 0.763. The summed E-state index contributed by atoms with van der Waals surface area (Å²) in [7, 11) is 0. The number of para-hydroxylation sites is 1. The average Bonchev–Trinajstić information content (AvgIpc) is 3.32. The molecular formula is C22H21FN2O3. The van der Waals surface area contributed by atoms with Crippen LogP contribution in [-0.2, 0) is 9.59 Å². The van der Waals surface area contributed by atoms with Gasteiger partial charge in [0.2, 0.25) is 5.91 Å². The monoisotopic (exact) mass is 380 g/mol. The summed E-state index contributed by atoms with van der Waals surface area (Å²) >= 11 is 0. The number of nitrogens with zero attached hydrogens (tertiary/aromatic N) is 2. The molecule has 1 heterocycles. The SMILES string of the molecule is O=C1CC(N(C(=O)c2ccccc2F)C2CCCC2)C(=O)N1c1ccccc1. The molecule has 0 N–H and O–H groups in total. The molecule has 1 saturated carbocycles. The van der Waals surface area contributed by atoms with Crippen molar-refractivity contribution < 1.29 is 18.8 Å². The first-order valence-corrected chi connectivity index (χ1v) is 9.57. The van der Waals surface area contributed by atoms with Gasteiger partial charge >= 0.3 is 0 Å². The van der Waals surface area contributed by atoms with E-state index in [2.05, 4.69) is 0 Å². The lowest BCUT2D eigenvalue weighted by Gasteiger charge is -2.33. The summed E-state index contributed by atoms with van der Waals surface area (Å²) in [5.41, 5.74) is 0.428. The summed E-state index contributed by atoms with van der Waals surface area (Å²) in [6.07, 6.45) is 3.32. The molecule has 3 amide bonds. The van der Waals surface area contributed by atoms with E-state index in [0.29, 0.717) is 5.69 Å². The summed E-state index contributed by atoms with van der Waals surface area (Å²) in [5, 5.41) is 0. The van der Waals surface area contributed by atoms with E-state index in [4.69, 9.17) is 0 Å². The minimum Gasteiger partial charge on any atom is -0.323 e. The van der Waals surface area contributed by atoms with E-state index < -0.39 is 23.7 Å². The highest BCUT2D eigenvalue weighted by Gasteiger charge is 2.47. The van der Waals surface area contributed by atoms with Gasteiger partial charge in [-0.1, -0.05) is 43.2 Å². The number of rotatable bonds is 4. The minimum atomic E-state index is -0.900. The smallest absolute Gasteiger partial charge is 0.257 e. The van der Waals surface area contributed by atoms with Crippen LogP contribution in [0.2, 0.25) is 0 Å². The lowest BCUT2D eigenvalue weighted by molar-refractivity contribution is -0.123. The molecule has 2 aliphatic rings. The number of benzene rings is 2. The van der Waals surface area contributed by atoms with Gasteiger partial charge in [-0.3, -0.25) is 14.4 Å². The molecule has 0 aromatic heterocycles. The Hall–Kier alpha value is -3.02. The fraction of sp³-hybridized carbons (Fsp3) is 0.318. The maximum Gasteiger partial charge on any atom is 0.257 e. The van der Waals surface area contributed by atoms with Crippen molar-refractivity contribution in [2.75, 3.05) is 4.90 Å². The molecule has 144 valence electrons. The van der Waals surface area contributed by atoms with E-state index in [0.717, 1.165) is 30.6 Å². The molecule has 2 aromatic carbocycles. The van der Waals surface area contributed by atoms with Gasteiger partial charge in [-0.05, 0) is 37.1 Å². The zero-order valence-electron chi connectivity index (χ0n) is 15.4. The van der Waals surface area contributed by atoms with E-state index in [1.54, 1.807) is 36.4 Å². The molecule has 28 heavy (non-hydrogen) atoms. The van der Waals surface area contributed by atoms with Crippen LogP contribution in [0.15, 0.2) is 54.6 Å². The first-order valence-electron chi connectivity index (χ1n) is 9.57. The van der Waals surface area contributed by atoms with Crippen LogP contribution in [0.25, 0.3) is 0 Å². The maximum atomic E-state index is 14.3. The molecule has 5 nitrogen and oxygen atoms in total. The van der Waals surface area contributed by atoms with Crippen LogP contribution in [0.5, 0.6) is 0 Å². The summed E-state index contributed by atoms with van der Waals surface area (Å²) in [4.78, 5) is 41.6. The molecule has 1 unspecified atom stereocenters. The van der Waals surface area contributed by atoms with Crippen molar-refractivity contribution >= 4 is 23.4 Å². The fourth-order valence-electron chi connectivity index (χ4n) is 4.20. The van der Waals surface area contributed by atoms with Crippen LogP contribution in [0.1, 0.15) is 42.5 Å². The Morgan fingerprint density at radius 2 is 1.61 bits per heavy atom. The van der Waals surface area contributed by atoms with E-state index in [1.165, 1.54) is 23.1 Å². The van der Waals surface area contributed by atoms with Crippen LogP contribution in [0.4, 0.5) is 10.1 Å². The van der Waals surface area contributed by atoms with Crippen LogP contribution in [0.3, 0.4) is 0 Å². The van der Waals surface area contributed by atoms with Crippen molar-refractivity contribution in [3.05, 3.63) is 66.0 Å². The molecule has 1 atom stereocenters. The summed E-state index contributed by atoms with van der Waals surface area (Å²) < 4.78 is 14.3. The van der Waals surface area contributed by atoms with Gasteiger partial charge in [-0.25, -0.2) is 9.29 Å². The van der Waals surface area contributed by atoms with Crippen molar-refractivity contribution in [3.63, 3.8) is 0 Å². The van der Waals surface area contributed by atoms with Crippen molar-refractivity contribution in [3.8, 4) is 0 Å². The largest absolute Gasteiger partial charge is 0.323 e. The fourth-order valence-corrected chi connectivity index (χ4v) is 4.20. The van der Waals surface area contributed by atoms with Gasteiger partial charge in [0.25, 0.3) is 11.8 Å². The van der Waals surface area contributed by atoms with E-state index in [1.807, 2.05) is 0 Å². The van der Waals surface area contributed by atoms with E-state index >= 15 is 0 Å². The van der Waals surface area contributed by atoms with Crippen molar-refractivity contribution in [2.45, 2.75) is 44.2 Å². The van der Waals surface area contributed by atoms with Crippen molar-refractivity contribution in [1.82, 2.24) is 4.90 Å². The third-order valence-corrected chi connectivity index (χ3v) is 5.53. The summed E-state index contributed by atoms with van der Waals surface area (Å²) in [6.45, 7) is 0. The molecule has 1 aliphatic heterocycles. The predicted octanol–water partition coefficient (Wildman–Crippen LogP) is 3.54. The topological polar surface area (TPSA) is 57.7 Å². The highest BCUT2D eigenvalue weighted by Crippen LogP contribution is 2.33. The van der Waals surface area contributed by atoms with Gasteiger partial charge in [-0.15, -0.1) is 0 Å². The Morgan fingerprint density at radius 3 is 2.29 bits per heavy atom. The molecule has 0 spiro atoms. The highest BCUT2D eigenvalue weighted by molar-refractivity contribution is 6.23. The molecule has 1 saturated heterocycles. The number of hydrogen-bond donors (Lipinski definition) is 0. The van der Waals surface area contributed by atoms with Gasteiger partial charge in [0.15, 0.2) is 0 Å². The standard InChI is InChI=1S/C22H21FN2O3/c23-18-13-7-6-12-17(18)21(27)24(15-10-4-5-11-15)19-14-20(26)25(22(19)28)16-8-2-1-3-9-16/h1-3,6-9,12-13,15,19H,4-5,10-11,14H2. The molecule has 0 bridgehead atoms. The number of amides is 3. The third kappa shape index (κ3) is 3.19. The van der Waals surface area contributed by atoms with Gasteiger partial charge in [0.05, 0.1) is 17.7 Å². The Balaban J connectivity index is 1.69. The van der Waals surface area contributed by atoms with Crippen LogP contribution >= 0.6 is 0 Å². The zero-order chi connectivity index (χ0) is 19.7. The molecule has 0 radical (unpaired) electrons. The number of anilines is 1. The highest BCUT2D eigenvalue weighted by atomic mass is 19.1. The Bertz CT molecular complexity index is 909. The number of carbonyl (C=O) groups is 3. The molecule has 2 aromatic rings. The second-order valence-corrected chi connectivity index (χ2v) is 7.25. The Labute approximate surface area is 162 Å². The molecule has 1 aliphatic carbocycles. The molecule has 2 fully saturated rings. The second kappa shape index (κ2) is 7.54. The van der Waals surface area contributed by atoms with E-state index in [-0.39, 0.29) is 23.9 Å². The first kappa shape index (κ1) is 18.3. The second-order valence-electron chi connectivity index (χ2n) is 7.25. The Kier molecular flexibility index (Phi) is 4.94. The summed E-state index contributed by atoms with van der Waals surface area (Å²) in [5.74, 6) is -1.91. The van der Waals surface area contributed by atoms with Crippen LogP contribution in [0, 0.1) is 5.82 Å². The van der Waals surface area contributed by atoms with Crippen molar-refractivity contribution in [1.29, 1.82) is 0 Å². The molecule has 4 rings (SSSR count). The number of imide groups is 1. The Morgan fingerprint density at radius 1 is 0.964 bits per heavy atom. The van der Waals surface area contributed by atoms with Gasteiger partial charge in [0.1, 0.15) is 11.9 Å². The van der Waals surface area contributed by atoms with Crippen LogP contribution < -0.4 is 4.90 Å². The number of halogens is 1. The lowest BCUT2D eigenvalue weighted by Crippen LogP contribution is -2.50. The molecular weight excluding hydrogens is 359 g/mol. The normalized spacial score (nSPS) is 20.0. The third-order valence-electron chi connectivity index (χ3n) is 5.53. The maximum absolute atomic E-state index is 14.3. The van der Waals surface area contributed by atoms with Gasteiger partial charge < -0.3 is 4.90 Å². The van der Waals surface area contributed by atoms with E-state index in [9.17, 15) is 18.8 Å². The number of hydrogen-bond acceptors (Lipinski definition) is 3. The lowest BCUT2D eigenvalue weighted by atomic mass is 10.1. The van der Waals surface area contributed by atoms with Gasteiger partial charge in [-0.2, -0.15) is 0 Å². The van der Waals surface area contributed by atoms with Crippen LogP contribution in [-0.4, -0.2) is 34.7 Å². The number of carbonyl (C=O) groups excluding carboxylic acids is 3. The van der Waals surface area contributed by atoms with Crippen molar-refractivity contribution in [2.24, 2.45) is 0 Å². The first-order chi connectivity index (χ1) is 13.6. The van der Waals surface area contributed by atoms with Gasteiger partial charge in [0, 0.05) is 6.04 Å². The average molecular weight is 380 g/mol. The predicted molar refractivity (Wildman–Crippen MR) is 102 cm³/mol. The molecule has 6 heteroatoms.